The topological polar surface area (TPSA) is 111 Å². The Bertz CT molecular complexity index is 1180. The molecule has 35 heavy (non-hydrogen) atoms. The minimum Gasteiger partial charge on any atom is -0.493 e. The summed E-state index contributed by atoms with van der Waals surface area (Å²) in [6.45, 7) is 1.41. The monoisotopic (exact) mass is 479 g/mol. The van der Waals surface area contributed by atoms with E-state index in [0.717, 1.165) is 38.5 Å². The zero-order valence-corrected chi connectivity index (χ0v) is 20.8. The van der Waals surface area contributed by atoms with Gasteiger partial charge in [-0.25, -0.2) is 4.98 Å². The van der Waals surface area contributed by atoms with E-state index in [4.69, 9.17) is 15.2 Å². The highest BCUT2D eigenvalue weighted by atomic mass is 16.5. The molecule has 1 heterocycles. The standard InChI is InChI=1S/C26H33N5O4/c1-30(25(33)19-12-8-7-11-18(19)17-32)13-9-5-6-10-14-31(2)26-28-21-16-23(35-4)22(34-3)15-20(21)24(27)29-26/h7-8,11-12,15-17H,5-6,9-10,13-14H2,1-4H3,(H2,27,28,29). The van der Waals surface area contributed by atoms with Gasteiger partial charge in [-0.1, -0.05) is 31.0 Å². The van der Waals surface area contributed by atoms with Gasteiger partial charge in [-0.15, -0.1) is 0 Å². The first-order valence-electron chi connectivity index (χ1n) is 11.6. The number of aromatic nitrogens is 2. The predicted molar refractivity (Wildman–Crippen MR) is 138 cm³/mol. The Morgan fingerprint density at radius 2 is 1.63 bits per heavy atom. The molecule has 3 aromatic rings. The van der Waals surface area contributed by atoms with Gasteiger partial charge in [0.2, 0.25) is 5.95 Å². The van der Waals surface area contributed by atoms with Crippen LogP contribution in [0.5, 0.6) is 11.5 Å². The maximum absolute atomic E-state index is 12.6. The number of nitrogens with zero attached hydrogens (tertiary/aromatic N) is 4. The number of unbranched alkanes of at least 4 members (excludes halogenated alkanes) is 3. The molecule has 0 atom stereocenters. The number of ether oxygens (including phenoxy) is 2. The van der Waals surface area contributed by atoms with Crippen molar-refractivity contribution in [3.8, 4) is 11.5 Å². The molecule has 186 valence electrons. The van der Waals surface area contributed by atoms with Crippen LogP contribution in [0.25, 0.3) is 10.9 Å². The second-order valence-corrected chi connectivity index (χ2v) is 8.40. The Labute approximate surface area is 205 Å². The number of carbonyl (C=O) groups is 2. The normalized spacial score (nSPS) is 10.7. The average Bonchev–Trinajstić information content (AvgIpc) is 2.88. The first-order chi connectivity index (χ1) is 16.9. The average molecular weight is 480 g/mol. The van der Waals surface area contributed by atoms with Crippen LogP contribution in [0.15, 0.2) is 36.4 Å². The summed E-state index contributed by atoms with van der Waals surface area (Å²) in [7, 11) is 6.87. The molecule has 1 aromatic heterocycles. The molecule has 0 aliphatic heterocycles. The van der Waals surface area contributed by atoms with Gasteiger partial charge >= 0.3 is 0 Å². The van der Waals surface area contributed by atoms with Crippen molar-refractivity contribution in [1.29, 1.82) is 0 Å². The Kier molecular flexibility index (Phi) is 8.83. The van der Waals surface area contributed by atoms with Crippen molar-refractivity contribution >= 4 is 34.9 Å². The summed E-state index contributed by atoms with van der Waals surface area (Å²) in [5.41, 5.74) is 7.75. The van der Waals surface area contributed by atoms with E-state index in [1.54, 1.807) is 62.6 Å². The van der Waals surface area contributed by atoms with E-state index < -0.39 is 0 Å². The molecular weight excluding hydrogens is 446 g/mol. The van der Waals surface area contributed by atoms with E-state index in [1.807, 2.05) is 11.9 Å². The van der Waals surface area contributed by atoms with Gasteiger partial charge < -0.3 is 25.0 Å². The summed E-state index contributed by atoms with van der Waals surface area (Å²) >= 11 is 0. The summed E-state index contributed by atoms with van der Waals surface area (Å²) in [6, 6.07) is 10.5. The number of hydrogen-bond acceptors (Lipinski definition) is 8. The van der Waals surface area contributed by atoms with E-state index in [2.05, 4.69) is 9.97 Å². The zero-order valence-electron chi connectivity index (χ0n) is 20.8. The third-order valence-electron chi connectivity index (χ3n) is 5.96. The molecule has 3 rings (SSSR count). The van der Waals surface area contributed by atoms with Crippen LogP contribution in [0.4, 0.5) is 11.8 Å². The van der Waals surface area contributed by atoms with E-state index in [0.29, 0.717) is 51.8 Å². The van der Waals surface area contributed by atoms with Crippen LogP contribution in [0.2, 0.25) is 0 Å². The third-order valence-corrected chi connectivity index (χ3v) is 5.96. The van der Waals surface area contributed by atoms with Crippen molar-refractivity contribution < 1.29 is 19.1 Å². The fourth-order valence-corrected chi connectivity index (χ4v) is 3.89. The SMILES string of the molecule is COc1cc2nc(N(C)CCCCCCN(C)C(=O)c3ccccc3C=O)nc(N)c2cc1OC. The van der Waals surface area contributed by atoms with Gasteiger partial charge in [-0.3, -0.25) is 9.59 Å². The van der Waals surface area contributed by atoms with E-state index in [-0.39, 0.29) is 5.91 Å². The molecule has 0 aliphatic carbocycles. The summed E-state index contributed by atoms with van der Waals surface area (Å²) in [6.07, 6.45) is 4.55. The Morgan fingerprint density at radius 3 is 2.31 bits per heavy atom. The van der Waals surface area contributed by atoms with E-state index in [1.165, 1.54) is 0 Å². The van der Waals surface area contributed by atoms with Gasteiger partial charge in [0.15, 0.2) is 17.8 Å². The first kappa shape index (κ1) is 25.7. The lowest BCUT2D eigenvalue weighted by Crippen LogP contribution is -2.28. The number of methoxy groups -OCH3 is 2. The molecule has 1 amide bonds. The highest BCUT2D eigenvalue weighted by Gasteiger charge is 2.15. The van der Waals surface area contributed by atoms with Crippen molar-refractivity contribution in [2.75, 3.05) is 52.0 Å². The molecular formula is C26H33N5O4. The number of aldehydes is 1. The van der Waals surface area contributed by atoms with Gasteiger partial charge in [0.05, 0.1) is 25.3 Å². The van der Waals surface area contributed by atoms with Gasteiger partial charge in [0.25, 0.3) is 5.91 Å². The molecule has 2 N–H and O–H groups in total. The predicted octanol–water partition coefficient (Wildman–Crippen LogP) is 3.81. The summed E-state index contributed by atoms with van der Waals surface area (Å²) in [5, 5.41) is 0.717. The molecule has 9 nitrogen and oxygen atoms in total. The lowest BCUT2D eigenvalue weighted by Gasteiger charge is -2.19. The lowest BCUT2D eigenvalue weighted by atomic mass is 10.1. The molecule has 0 saturated carbocycles. The molecule has 0 radical (unpaired) electrons. The third kappa shape index (κ3) is 6.17. The van der Waals surface area contributed by atoms with E-state index >= 15 is 0 Å². The Hall–Kier alpha value is -3.88. The van der Waals surface area contributed by atoms with Crippen molar-refractivity contribution in [3.63, 3.8) is 0 Å². The molecule has 0 aliphatic rings. The summed E-state index contributed by atoms with van der Waals surface area (Å²) < 4.78 is 10.7. The minimum absolute atomic E-state index is 0.132. The van der Waals surface area contributed by atoms with Crippen LogP contribution in [0.3, 0.4) is 0 Å². The molecule has 0 spiro atoms. The summed E-state index contributed by atoms with van der Waals surface area (Å²) in [5.74, 6) is 1.98. The van der Waals surface area contributed by atoms with Gasteiger partial charge in [-0.2, -0.15) is 4.98 Å². The molecule has 9 heteroatoms. The number of hydrogen-bond donors (Lipinski definition) is 1. The number of nitrogen functional groups attached to an aromatic ring is 1. The number of fused-ring (bicyclic) bond motifs is 1. The number of benzene rings is 2. The molecule has 0 unspecified atom stereocenters. The van der Waals surface area contributed by atoms with Gasteiger partial charge in [0.1, 0.15) is 5.82 Å². The van der Waals surface area contributed by atoms with Crippen LogP contribution in [-0.2, 0) is 0 Å². The smallest absolute Gasteiger partial charge is 0.254 e. The number of rotatable bonds is 12. The highest BCUT2D eigenvalue weighted by Crippen LogP contribution is 2.34. The second kappa shape index (κ2) is 12.0. The van der Waals surface area contributed by atoms with Crippen molar-refractivity contribution in [2.45, 2.75) is 25.7 Å². The van der Waals surface area contributed by atoms with Gasteiger partial charge in [-0.05, 0) is 25.0 Å². The van der Waals surface area contributed by atoms with Crippen molar-refractivity contribution in [3.05, 3.63) is 47.5 Å². The van der Waals surface area contributed by atoms with Crippen LogP contribution >= 0.6 is 0 Å². The number of amides is 1. The van der Waals surface area contributed by atoms with Crippen LogP contribution < -0.4 is 20.1 Å². The molecule has 0 saturated heterocycles. The van der Waals surface area contributed by atoms with E-state index in [9.17, 15) is 9.59 Å². The highest BCUT2D eigenvalue weighted by molar-refractivity contribution is 6.01. The lowest BCUT2D eigenvalue weighted by molar-refractivity contribution is 0.0789. The second-order valence-electron chi connectivity index (χ2n) is 8.40. The molecule has 0 fully saturated rings. The first-order valence-corrected chi connectivity index (χ1v) is 11.6. The quantitative estimate of drug-likeness (QED) is 0.308. The number of carbonyl (C=O) groups excluding carboxylic acids is 2. The Balaban J connectivity index is 1.48. The van der Waals surface area contributed by atoms with Crippen molar-refractivity contribution in [2.24, 2.45) is 0 Å². The fourth-order valence-electron chi connectivity index (χ4n) is 3.89. The number of nitrogens with two attached hydrogens (primary N) is 1. The van der Waals surface area contributed by atoms with Crippen LogP contribution in [0.1, 0.15) is 46.4 Å². The summed E-state index contributed by atoms with van der Waals surface area (Å²) in [4.78, 5) is 36.6. The van der Waals surface area contributed by atoms with Crippen LogP contribution in [-0.4, -0.2) is 68.5 Å². The van der Waals surface area contributed by atoms with Gasteiger partial charge in [0, 0.05) is 44.2 Å². The van der Waals surface area contributed by atoms with Crippen molar-refractivity contribution in [1.82, 2.24) is 14.9 Å². The maximum Gasteiger partial charge on any atom is 0.254 e. The molecule has 2 aromatic carbocycles. The maximum atomic E-state index is 12.6. The number of anilines is 2. The minimum atomic E-state index is -0.132. The van der Waals surface area contributed by atoms with Crippen LogP contribution in [0, 0.1) is 0 Å². The molecule has 0 bridgehead atoms. The fraction of sp³-hybridized carbons (Fsp3) is 0.385. The zero-order chi connectivity index (χ0) is 25.4. The largest absolute Gasteiger partial charge is 0.493 e. The Morgan fingerprint density at radius 1 is 0.971 bits per heavy atom.